The quantitative estimate of drug-likeness (QED) is 0.129. The summed E-state index contributed by atoms with van der Waals surface area (Å²) in [6, 6.07) is 5.58. The zero-order valence-electron chi connectivity index (χ0n) is 21.0. The minimum atomic E-state index is -0.259. The molecule has 1 aromatic rings. The molecule has 0 saturated heterocycles. The fourth-order valence-electron chi connectivity index (χ4n) is 3.76. The molecule has 0 saturated carbocycles. The molecular formula is C28H46O4. The highest BCUT2D eigenvalue weighted by Gasteiger charge is 2.15. The van der Waals surface area contributed by atoms with Crippen LogP contribution in [0.15, 0.2) is 18.2 Å². The van der Waals surface area contributed by atoms with Gasteiger partial charge in [0.1, 0.15) is 0 Å². The van der Waals surface area contributed by atoms with Gasteiger partial charge in [0.15, 0.2) is 11.5 Å². The molecular weight excluding hydrogens is 400 g/mol. The van der Waals surface area contributed by atoms with Crippen LogP contribution in [0.1, 0.15) is 123 Å². The van der Waals surface area contributed by atoms with Crippen LogP contribution in [0.3, 0.4) is 0 Å². The minimum absolute atomic E-state index is 0.254. The van der Waals surface area contributed by atoms with Crippen LogP contribution in [0.5, 0.6) is 11.5 Å². The maximum atomic E-state index is 12.4. The Morgan fingerprint density at radius 3 is 1.66 bits per heavy atom. The predicted octanol–water partition coefficient (Wildman–Crippen LogP) is 8.20. The summed E-state index contributed by atoms with van der Waals surface area (Å²) in [6.45, 7) is 8.70. The lowest BCUT2D eigenvalue weighted by molar-refractivity contribution is -0.137. The van der Waals surface area contributed by atoms with Crippen molar-refractivity contribution in [3.63, 3.8) is 0 Å². The number of hydrogen-bond donors (Lipinski definition) is 0. The molecule has 0 aliphatic heterocycles. The molecule has 0 aliphatic rings. The summed E-state index contributed by atoms with van der Waals surface area (Å²) in [5.74, 6) is 0.698. The first-order valence-electron chi connectivity index (χ1n) is 13.0. The van der Waals surface area contributed by atoms with Crippen molar-refractivity contribution in [2.75, 3.05) is 0 Å². The summed E-state index contributed by atoms with van der Waals surface area (Å²) in [5, 5.41) is 0. The number of esters is 2. The lowest BCUT2D eigenvalue weighted by atomic mass is 10.0. The molecule has 0 atom stereocenters. The van der Waals surface area contributed by atoms with Gasteiger partial charge in [-0.2, -0.15) is 0 Å². The number of rotatable bonds is 18. The van der Waals surface area contributed by atoms with Crippen molar-refractivity contribution >= 4 is 11.9 Å². The highest BCUT2D eigenvalue weighted by molar-refractivity contribution is 5.76. The molecule has 0 aliphatic carbocycles. The van der Waals surface area contributed by atoms with Crippen LogP contribution >= 0.6 is 0 Å². The topological polar surface area (TPSA) is 52.6 Å². The van der Waals surface area contributed by atoms with E-state index < -0.39 is 0 Å². The summed E-state index contributed by atoms with van der Waals surface area (Å²) in [7, 11) is 0. The van der Waals surface area contributed by atoms with Crippen molar-refractivity contribution in [3.05, 3.63) is 23.8 Å². The van der Waals surface area contributed by atoms with Crippen LogP contribution in [-0.4, -0.2) is 11.9 Å². The Labute approximate surface area is 196 Å². The molecule has 0 spiro atoms. The number of ether oxygens (including phenoxy) is 2. The van der Waals surface area contributed by atoms with E-state index in [1.807, 2.05) is 12.1 Å². The molecule has 0 aromatic heterocycles. The van der Waals surface area contributed by atoms with E-state index in [0.29, 0.717) is 30.3 Å². The van der Waals surface area contributed by atoms with Crippen LogP contribution in [0, 0.1) is 5.92 Å². The molecule has 32 heavy (non-hydrogen) atoms. The van der Waals surface area contributed by atoms with Crippen LogP contribution < -0.4 is 9.47 Å². The van der Waals surface area contributed by atoms with Gasteiger partial charge in [0.2, 0.25) is 0 Å². The number of carbonyl (C=O) groups is 2. The normalized spacial score (nSPS) is 11.0. The van der Waals surface area contributed by atoms with E-state index in [2.05, 4.69) is 27.7 Å². The van der Waals surface area contributed by atoms with Crippen LogP contribution in [0.25, 0.3) is 0 Å². The average Bonchev–Trinajstić information content (AvgIpc) is 2.74. The zero-order chi connectivity index (χ0) is 23.6. The molecule has 0 unspecified atom stereocenters. The van der Waals surface area contributed by atoms with Gasteiger partial charge in [-0.1, -0.05) is 98.0 Å². The van der Waals surface area contributed by atoms with Gasteiger partial charge < -0.3 is 9.47 Å². The van der Waals surface area contributed by atoms with E-state index in [1.165, 1.54) is 38.5 Å². The zero-order valence-corrected chi connectivity index (χ0v) is 21.0. The fourth-order valence-corrected chi connectivity index (χ4v) is 3.76. The molecule has 0 heterocycles. The Morgan fingerprint density at radius 2 is 1.16 bits per heavy atom. The second-order valence-electron chi connectivity index (χ2n) is 9.36. The maximum Gasteiger partial charge on any atom is 0.311 e. The van der Waals surface area contributed by atoms with E-state index in [4.69, 9.17) is 9.47 Å². The molecule has 0 radical (unpaired) electrons. The van der Waals surface area contributed by atoms with Gasteiger partial charge in [0.25, 0.3) is 0 Å². The molecule has 0 N–H and O–H groups in total. The van der Waals surface area contributed by atoms with Gasteiger partial charge in [0.05, 0.1) is 0 Å². The first-order valence-corrected chi connectivity index (χ1v) is 13.0. The second kappa shape index (κ2) is 17.7. The second-order valence-corrected chi connectivity index (χ2v) is 9.36. The van der Waals surface area contributed by atoms with Gasteiger partial charge in [-0.05, 0) is 42.9 Å². The lowest BCUT2D eigenvalue weighted by Crippen LogP contribution is -2.12. The summed E-state index contributed by atoms with van der Waals surface area (Å²) in [4.78, 5) is 24.7. The molecule has 0 amide bonds. The number of carbonyl (C=O) groups excluding carboxylic acids is 2. The van der Waals surface area contributed by atoms with Gasteiger partial charge in [-0.3, -0.25) is 9.59 Å². The fraction of sp³-hybridized carbons (Fsp3) is 0.714. The largest absolute Gasteiger partial charge is 0.423 e. The number of unbranched alkanes of at least 4 members (excludes halogenated alkanes) is 10. The third kappa shape index (κ3) is 13.5. The van der Waals surface area contributed by atoms with Crippen LogP contribution in [0.2, 0.25) is 0 Å². The first kappa shape index (κ1) is 28.2. The Bertz CT molecular complexity index is 651. The van der Waals surface area contributed by atoms with Crippen LogP contribution in [-0.2, 0) is 16.0 Å². The molecule has 0 fully saturated rings. The van der Waals surface area contributed by atoms with Crippen molar-refractivity contribution in [1.82, 2.24) is 0 Å². The highest BCUT2D eigenvalue weighted by Crippen LogP contribution is 2.30. The Balaban J connectivity index is 2.61. The molecule has 182 valence electrons. The van der Waals surface area contributed by atoms with E-state index in [1.54, 1.807) is 6.07 Å². The highest BCUT2D eigenvalue weighted by atomic mass is 16.6. The van der Waals surface area contributed by atoms with Gasteiger partial charge in [0, 0.05) is 12.8 Å². The van der Waals surface area contributed by atoms with Gasteiger partial charge in [-0.15, -0.1) is 0 Å². The van der Waals surface area contributed by atoms with Crippen molar-refractivity contribution in [2.24, 2.45) is 5.92 Å². The van der Waals surface area contributed by atoms with Crippen molar-refractivity contribution in [2.45, 2.75) is 124 Å². The third-order valence-corrected chi connectivity index (χ3v) is 5.57. The smallest absolute Gasteiger partial charge is 0.311 e. The Kier molecular flexibility index (Phi) is 15.6. The molecule has 1 rings (SSSR count). The van der Waals surface area contributed by atoms with Gasteiger partial charge >= 0.3 is 11.9 Å². The van der Waals surface area contributed by atoms with Crippen molar-refractivity contribution in [3.8, 4) is 11.5 Å². The van der Waals surface area contributed by atoms with Crippen LogP contribution in [0.4, 0.5) is 0 Å². The standard InChI is InChI=1S/C28H46O4/c1-5-7-9-11-13-15-17-27(29)31-25-20-19-24(21-23(3)4)22-26(25)32-28(30)18-16-14-12-10-8-6-2/h19-20,22-23H,5-18,21H2,1-4H3. The van der Waals surface area contributed by atoms with E-state index in [-0.39, 0.29) is 11.9 Å². The summed E-state index contributed by atoms with van der Waals surface area (Å²) >= 11 is 0. The Hall–Kier alpha value is -1.84. The van der Waals surface area contributed by atoms with Crippen molar-refractivity contribution < 1.29 is 19.1 Å². The van der Waals surface area contributed by atoms with E-state index in [9.17, 15) is 9.59 Å². The van der Waals surface area contributed by atoms with E-state index in [0.717, 1.165) is 50.5 Å². The Morgan fingerprint density at radius 1 is 0.688 bits per heavy atom. The van der Waals surface area contributed by atoms with E-state index >= 15 is 0 Å². The predicted molar refractivity (Wildman–Crippen MR) is 132 cm³/mol. The summed E-state index contributed by atoms with van der Waals surface area (Å²) in [5.41, 5.74) is 1.08. The number of hydrogen-bond acceptors (Lipinski definition) is 4. The maximum absolute atomic E-state index is 12.4. The first-order chi connectivity index (χ1) is 15.5. The molecule has 0 bridgehead atoms. The average molecular weight is 447 g/mol. The molecule has 4 heteroatoms. The van der Waals surface area contributed by atoms with Gasteiger partial charge in [-0.25, -0.2) is 0 Å². The molecule has 1 aromatic carbocycles. The monoisotopic (exact) mass is 446 g/mol. The lowest BCUT2D eigenvalue weighted by Gasteiger charge is -2.13. The van der Waals surface area contributed by atoms with Crippen molar-refractivity contribution in [1.29, 1.82) is 0 Å². The molecule has 4 nitrogen and oxygen atoms in total. The SMILES string of the molecule is CCCCCCCCC(=O)Oc1ccc(CC(C)C)cc1OC(=O)CCCCCCCC. The third-order valence-electron chi connectivity index (χ3n) is 5.57. The number of benzene rings is 1. The summed E-state index contributed by atoms with van der Waals surface area (Å²) in [6.07, 6.45) is 15.1. The summed E-state index contributed by atoms with van der Waals surface area (Å²) < 4.78 is 11.2. The minimum Gasteiger partial charge on any atom is -0.423 e.